The molecule has 39 heavy (non-hydrogen) atoms. The van der Waals surface area contributed by atoms with Crippen LogP contribution in [0.25, 0.3) is 0 Å². The Labute approximate surface area is 232 Å². The normalized spacial score (nSPS) is 17.6. The Kier molecular flexibility index (Phi) is 15.8. The van der Waals surface area contributed by atoms with Crippen molar-refractivity contribution in [2.75, 3.05) is 45.3 Å². The molecule has 2 aliphatic rings. The molecule has 4 rings (SSSR count). The molecule has 0 saturated carbocycles. The predicted molar refractivity (Wildman–Crippen MR) is 157 cm³/mol. The first kappa shape index (κ1) is 31.6. The molecule has 212 valence electrons. The highest BCUT2D eigenvalue weighted by atomic mass is 19.1. The average Bonchev–Trinajstić information content (AvgIpc) is 2.95. The second kappa shape index (κ2) is 19.4. The summed E-state index contributed by atoms with van der Waals surface area (Å²) in [6.45, 7) is 6.73. The van der Waals surface area contributed by atoms with Gasteiger partial charge in [-0.1, -0.05) is 42.8 Å². The monoisotopic (exact) mass is 538 g/mol. The quantitative estimate of drug-likeness (QED) is 0.135. The highest BCUT2D eigenvalue weighted by Crippen LogP contribution is 2.30. The highest BCUT2D eigenvalue weighted by Gasteiger charge is 2.08. The van der Waals surface area contributed by atoms with E-state index in [1.54, 1.807) is 12.2 Å². The van der Waals surface area contributed by atoms with Gasteiger partial charge in [0, 0.05) is 32.3 Å². The molecule has 0 spiro atoms. The molecular formula is C31H43FN4O3. The van der Waals surface area contributed by atoms with Crippen molar-refractivity contribution < 1.29 is 19.0 Å². The summed E-state index contributed by atoms with van der Waals surface area (Å²) in [4.78, 5) is 12.3. The predicted octanol–water partition coefficient (Wildman–Crippen LogP) is 5.66. The van der Waals surface area contributed by atoms with Crippen LogP contribution < -0.4 is 20.7 Å². The Balaban J connectivity index is 0.000000343. The summed E-state index contributed by atoms with van der Waals surface area (Å²) in [7, 11) is 1.00. The zero-order valence-electron chi connectivity index (χ0n) is 23.2. The van der Waals surface area contributed by atoms with Gasteiger partial charge in [-0.3, -0.25) is 4.79 Å². The number of carbonyl (C=O) groups excluding carboxylic acids is 1. The van der Waals surface area contributed by atoms with E-state index in [4.69, 9.17) is 9.84 Å². The lowest BCUT2D eigenvalue weighted by Crippen LogP contribution is -2.35. The third-order valence-electron chi connectivity index (χ3n) is 6.07. The number of aliphatic hydroxyl groups is 1. The summed E-state index contributed by atoms with van der Waals surface area (Å²) in [5.74, 6) is 1.33. The first-order chi connectivity index (χ1) is 19.1. The zero-order valence-corrected chi connectivity index (χ0v) is 23.2. The van der Waals surface area contributed by atoms with Crippen LogP contribution in [0.1, 0.15) is 37.7 Å². The summed E-state index contributed by atoms with van der Waals surface area (Å²) in [5, 5.41) is 16.2. The number of amides is 1. The van der Waals surface area contributed by atoms with E-state index in [0.717, 1.165) is 55.1 Å². The van der Waals surface area contributed by atoms with E-state index in [1.165, 1.54) is 32.4 Å². The molecule has 1 aliphatic heterocycles. The smallest absolute Gasteiger partial charge is 0.207 e. The molecule has 1 saturated heterocycles. The molecule has 1 aliphatic carbocycles. The van der Waals surface area contributed by atoms with E-state index in [2.05, 4.69) is 20.9 Å². The molecule has 2 aromatic rings. The minimum absolute atomic E-state index is 0.208. The van der Waals surface area contributed by atoms with Crippen molar-refractivity contribution in [3.05, 3.63) is 89.9 Å². The first-order valence-electron chi connectivity index (χ1n) is 13.5. The molecule has 0 atom stereocenters. The Morgan fingerprint density at radius 2 is 1.79 bits per heavy atom. The molecular weight excluding hydrogens is 495 g/mol. The number of hydrogen-bond acceptors (Lipinski definition) is 6. The second-order valence-corrected chi connectivity index (χ2v) is 9.09. The van der Waals surface area contributed by atoms with Crippen LogP contribution in [0, 0.1) is 6.92 Å². The highest BCUT2D eigenvalue weighted by molar-refractivity contribution is 5.59. The van der Waals surface area contributed by atoms with Gasteiger partial charge in [-0.15, -0.1) is 0 Å². The number of nitrogens with one attached hydrogen (secondary N) is 3. The number of ether oxygens (including phenoxy) is 1. The van der Waals surface area contributed by atoms with Crippen molar-refractivity contribution in [1.29, 1.82) is 0 Å². The van der Waals surface area contributed by atoms with Gasteiger partial charge in [0.1, 0.15) is 11.6 Å². The lowest BCUT2D eigenvalue weighted by atomic mass is 10.1. The molecule has 0 radical (unpaired) electrons. The number of hydrogen-bond donors (Lipinski definition) is 4. The first-order valence-corrected chi connectivity index (χ1v) is 13.5. The van der Waals surface area contributed by atoms with Crippen molar-refractivity contribution in [3.8, 4) is 11.5 Å². The number of halogens is 1. The number of carbonyl (C=O) groups is 1. The molecule has 0 bridgehead atoms. The number of allylic oxidation sites excluding steroid dienone is 5. The van der Waals surface area contributed by atoms with E-state index >= 15 is 0 Å². The van der Waals surface area contributed by atoms with Gasteiger partial charge in [0.2, 0.25) is 6.41 Å². The van der Waals surface area contributed by atoms with Crippen molar-refractivity contribution in [1.82, 2.24) is 15.5 Å². The fraction of sp³-hybridized carbons (Fsp3) is 0.387. The minimum Gasteiger partial charge on any atom is -0.455 e. The third kappa shape index (κ3) is 13.1. The van der Waals surface area contributed by atoms with Gasteiger partial charge in [-0.05, 0) is 81.3 Å². The topological polar surface area (TPSA) is 85.9 Å². The molecule has 0 aromatic heterocycles. The van der Waals surface area contributed by atoms with E-state index < -0.39 is 0 Å². The van der Waals surface area contributed by atoms with Gasteiger partial charge in [0.15, 0.2) is 5.75 Å². The van der Waals surface area contributed by atoms with Gasteiger partial charge < -0.3 is 30.7 Å². The Hall–Kier alpha value is -3.62. The van der Waals surface area contributed by atoms with Crippen molar-refractivity contribution in [2.45, 2.75) is 39.0 Å². The number of anilines is 1. The standard InChI is InChI=1S/C22H23FN2O.C8H16N2O.CH4O/c1-17-12-13-22(26-20-10-6-3-7-11-20)21(14-17)25-16-24-19-9-5-2-4-8-18(23)15-19;11-8-9-4-7-10-5-2-1-3-6-10;1-2/h2-3,5-8,10-15,24-25H,4,9,16H2,1H3;8H,1-7H2,(H,9,11);2H,1H3/b5-2?,18-8+,19-15+;;. The summed E-state index contributed by atoms with van der Waals surface area (Å²) in [6, 6.07) is 15.7. The summed E-state index contributed by atoms with van der Waals surface area (Å²) >= 11 is 0. The maximum atomic E-state index is 13.7. The number of aliphatic hydroxyl groups excluding tert-OH is 1. The molecule has 1 heterocycles. The van der Waals surface area contributed by atoms with Gasteiger partial charge in [-0.25, -0.2) is 4.39 Å². The molecule has 0 unspecified atom stereocenters. The van der Waals surface area contributed by atoms with Gasteiger partial charge in [0.25, 0.3) is 0 Å². The number of aryl methyl sites for hydroxylation is 1. The lowest BCUT2D eigenvalue weighted by molar-refractivity contribution is -0.109. The maximum Gasteiger partial charge on any atom is 0.207 e. The third-order valence-corrected chi connectivity index (χ3v) is 6.07. The van der Waals surface area contributed by atoms with Crippen LogP contribution >= 0.6 is 0 Å². The van der Waals surface area contributed by atoms with Crippen LogP contribution in [0.5, 0.6) is 11.5 Å². The molecule has 2 aromatic carbocycles. The van der Waals surface area contributed by atoms with Crippen LogP contribution in [-0.2, 0) is 4.79 Å². The molecule has 7 nitrogen and oxygen atoms in total. The van der Waals surface area contributed by atoms with Crippen molar-refractivity contribution in [2.24, 2.45) is 0 Å². The Morgan fingerprint density at radius 3 is 2.54 bits per heavy atom. The second-order valence-electron chi connectivity index (χ2n) is 9.09. The maximum absolute atomic E-state index is 13.7. The average molecular weight is 539 g/mol. The molecule has 1 amide bonds. The summed E-state index contributed by atoms with van der Waals surface area (Å²) < 4.78 is 19.6. The van der Waals surface area contributed by atoms with E-state index in [1.807, 2.05) is 67.6 Å². The van der Waals surface area contributed by atoms with Crippen LogP contribution in [-0.4, -0.2) is 56.4 Å². The summed E-state index contributed by atoms with van der Waals surface area (Å²) in [6.07, 6.45) is 13.2. The number of piperidine rings is 1. The van der Waals surface area contributed by atoms with Gasteiger partial charge >= 0.3 is 0 Å². The number of benzene rings is 2. The van der Waals surface area contributed by atoms with E-state index in [0.29, 0.717) is 19.5 Å². The Bertz CT molecular complexity index is 1050. The molecule has 8 heteroatoms. The largest absolute Gasteiger partial charge is 0.455 e. The van der Waals surface area contributed by atoms with Crippen LogP contribution in [0.4, 0.5) is 10.1 Å². The zero-order chi connectivity index (χ0) is 28.1. The molecule has 4 N–H and O–H groups in total. The fourth-order valence-corrected chi connectivity index (χ4v) is 4.10. The van der Waals surface area contributed by atoms with Crippen LogP contribution in [0.15, 0.2) is 84.4 Å². The van der Waals surface area contributed by atoms with Gasteiger partial charge in [0.05, 0.1) is 12.4 Å². The van der Waals surface area contributed by atoms with E-state index in [9.17, 15) is 9.18 Å². The van der Waals surface area contributed by atoms with E-state index in [-0.39, 0.29) is 5.83 Å². The van der Waals surface area contributed by atoms with Crippen LogP contribution in [0.2, 0.25) is 0 Å². The number of likely N-dealkylation sites (tertiary alicyclic amines) is 1. The Morgan fingerprint density at radius 1 is 1.03 bits per heavy atom. The van der Waals surface area contributed by atoms with Crippen molar-refractivity contribution in [3.63, 3.8) is 0 Å². The number of para-hydroxylation sites is 1. The van der Waals surface area contributed by atoms with Crippen LogP contribution in [0.3, 0.4) is 0 Å². The number of rotatable bonds is 10. The van der Waals surface area contributed by atoms with Crippen molar-refractivity contribution >= 4 is 12.1 Å². The minimum atomic E-state index is -0.208. The fourth-order valence-electron chi connectivity index (χ4n) is 4.10. The number of nitrogens with zero attached hydrogens (tertiary/aromatic N) is 1. The molecule has 1 fully saturated rings. The van der Waals surface area contributed by atoms with Gasteiger partial charge in [-0.2, -0.15) is 0 Å². The SMILES string of the molecule is CO.Cc1ccc(Oc2ccccc2)c(NCN/C2=C/C(F)=C\CC=CC2)c1.O=CNCCN1CCCCC1. The summed E-state index contributed by atoms with van der Waals surface area (Å²) in [5.41, 5.74) is 2.86. The lowest BCUT2D eigenvalue weighted by Gasteiger charge is -2.25.